The van der Waals surface area contributed by atoms with Crippen molar-refractivity contribution in [3.05, 3.63) is 0 Å². The summed E-state index contributed by atoms with van der Waals surface area (Å²) in [5.74, 6) is -0.959. The second kappa shape index (κ2) is 5.98. The van der Waals surface area contributed by atoms with Crippen LogP contribution >= 0.6 is 0 Å². The average Bonchev–Trinajstić information content (AvgIpc) is 3.06. The van der Waals surface area contributed by atoms with Crippen LogP contribution < -0.4 is 5.32 Å². The maximum atomic E-state index is 12.3. The number of rotatable bonds is 2. The number of carboxylic acids is 1. The van der Waals surface area contributed by atoms with Gasteiger partial charge < -0.3 is 25.0 Å². The van der Waals surface area contributed by atoms with Crippen molar-refractivity contribution in [1.29, 1.82) is 0 Å². The van der Waals surface area contributed by atoms with Crippen LogP contribution in [0.15, 0.2) is 0 Å². The van der Waals surface area contributed by atoms with Crippen molar-refractivity contribution in [3.8, 4) is 0 Å². The number of urea groups is 1. The van der Waals surface area contributed by atoms with Gasteiger partial charge in [0.2, 0.25) is 0 Å². The Balaban J connectivity index is 1.91. The lowest BCUT2D eigenvalue weighted by Crippen LogP contribution is -2.48. The quantitative estimate of drug-likeness (QED) is 0.749. The molecule has 2 heterocycles. The fraction of sp³-hybridized carbons (Fsp3) is 0.750. The van der Waals surface area contributed by atoms with E-state index in [1.165, 1.54) is 12.0 Å². The van der Waals surface area contributed by atoms with Crippen LogP contribution in [-0.4, -0.2) is 71.8 Å². The van der Waals surface area contributed by atoms with Crippen molar-refractivity contribution in [3.63, 3.8) is 0 Å². The summed E-state index contributed by atoms with van der Waals surface area (Å²) in [6.45, 7) is 1.37. The fourth-order valence-electron chi connectivity index (χ4n) is 2.71. The third-order valence-electron chi connectivity index (χ3n) is 3.75. The standard InChI is InChI=1S/C12H19N3O5/c1-20-11(18)13-8-4-6-14(7-8)12(19)15-5-2-3-9(15)10(16)17/h8-9H,2-7H2,1H3,(H,13,18)(H,16,17)/t8?,9-/m1/s1. The molecule has 2 fully saturated rings. The molecule has 2 aliphatic heterocycles. The molecule has 2 rings (SSSR count). The van der Waals surface area contributed by atoms with Gasteiger partial charge in [0.1, 0.15) is 6.04 Å². The second-order valence-corrected chi connectivity index (χ2v) is 5.04. The molecule has 0 spiro atoms. The first kappa shape index (κ1) is 14.4. The lowest BCUT2D eigenvalue weighted by Gasteiger charge is -2.27. The zero-order valence-electron chi connectivity index (χ0n) is 11.4. The molecule has 0 aromatic rings. The summed E-state index contributed by atoms with van der Waals surface area (Å²) in [5.41, 5.74) is 0. The Labute approximate surface area is 116 Å². The number of carboxylic acid groups (broad SMARTS) is 1. The van der Waals surface area contributed by atoms with Gasteiger partial charge in [-0.1, -0.05) is 0 Å². The molecule has 2 atom stereocenters. The van der Waals surface area contributed by atoms with Gasteiger partial charge in [0.05, 0.1) is 13.2 Å². The largest absolute Gasteiger partial charge is 0.480 e. The number of likely N-dealkylation sites (tertiary alicyclic amines) is 2. The third-order valence-corrected chi connectivity index (χ3v) is 3.75. The monoisotopic (exact) mass is 285 g/mol. The van der Waals surface area contributed by atoms with Crippen molar-refractivity contribution >= 4 is 18.1 Å². The first-order valence-electron chi connectivity index (χ1n) is 6.65. The molecular formula is C12H19N3O5. The summed E-state index contributed by atoms with van der Waals surface area (Å²) in [7, 11) is 1.29. The zero-order valence-corrected chi connectivity index (χ0v) is 11.4. The van der Waals surface area contributed by atoms with Gasteiger partial charge in [-0.15, -0.1) is 0 Å². The number of nitrogens with zero attached hydrogens (tertiary/aromatic N) is 2. The minimum absolute atomic E-state index is 0.141. The predicted octanol–water partition coefficient (Wildman–Crippen LogP) is 0.0857. The molecule has 2 saturated heterocycles. The number of hydrogen-bond acceptors (Lipinski definition) is 4. The number of hydrogen-bond donors (Lipinski definition) is 2. The van der Waals surface area contributed by atoms with E-state index in [9.17, 15) is 14.4 Å². The number of ether oxygens (including phenoxy) is 1. The third kappa shape index (κ3) is 2.94. The molecule has 8 heteroatoms. The van der Waals surface area contributed by atoms with Gasteiger partial charge in [0, 0.05) is 19.6 Å². The molecule has 2 aliphatic rings. The Bertz CT molecular complexity index is 414. The van der Waals surface area contributed by atoms with Gasteiger partial charge in [-0.3, -0.25) is 0 Å². The molecule has 8 nitrogen and oxygen atoms in total. The van der Waals surface area contributed by atoms with Crippen LogP contribution in [0.5, 0.6) is 0 Å². The van der Waals surface area contributed by atoms with Gasteiger partial charge >= 0.3 is 18.1 Å². The average molecular weight is 285 g/mol. The number of alkyl carbamates (subject to hydrolysis) is 1. The van der Waals surface area contributed by atoms with Crippen LogP contribution in [0.4, 0.5) is 9.59 Å². The van der Waals surface area contributed by atoms with E-state index >= 15 is 0 Å². The number of aliphatic carboxylic acids is 1. The first-order valence-corrected chi connectivity index (χ1v) is 6.65. The molecule has 0 aliphatic carbocycles. The van der Waals surface area contributed by atoms with Gasteiger partial charge in [-0.05, 0) is 19.3 Å². The first-order chi connectivity index (χ1) is 9.52. The summed E-state index contributed by atoms with van der Waals surface area (Å²) in [6, 6.07) is -1.13. The number of carbonyl (C=O) groups excluding carboxylic acids is 2. The molecule has 0 aromatic heterocycles. The van der Waals surface area contributed by atoms with Crippen molar-refractivity contribution < 1.29 is 24.2 Å². The van der Waals surface area contributed by atoms with E-state index in [0.29, 0.717) is 38.9 Å². The highest BCUT2D eigenvalue weighted by atomic mass is 16.5. The maximum Gasteiger partial charge on any atom is 0.407 e. The van der Waals surface area contributed by atoms with Crippen LogP contribution in [0.3, 0.4) is 0 Å². The summed E-state index contributed by atoms with van der Waals surface area (Å²) in [6.07, 6.45) is 1.33. The number of carbonyl (C=O) groups is 3. The maximum absolute atomic E-state index is 12.3. The summed E-state index contributed by atoms with van der Waals surface area (Å²) in [5, 5.41) is 11.7. The lowest BCUT2D eigenvalue weighted by atomic mass is 10.2. The van der Waals surface area contributed by atoms with E-state index < -0.39 is 18.1 Å². The SMILES string of the molecule is COC(=O)NC1CCN(C(=O)N2CCC[C@@H]2C(=O)O)C1. The summed E-state index contributed by atoms with van der Waals surface area (Å²) >= 11 is 0. The molecule has 20 heavy (non-hydrogen) atoms. The molecule has 0 aromatic carbocycles. The Morgan fingerprint density at radius 3 is 2.65 bits per heavy atom. The van der Waals surface area contributed by atoms with Crippen LogP contribution in [0, 0.1) is 0 Å². The number of amides is 3. The van der Waals surface area contributed by atoms with E-state index in [1.807, 2.05) is 0 Å². The molecule has 2 N–H and O–H groups in total. The van der Waals surface area contributed by atoms with E-state index in [1.54, 1.807) is 4.90 Å². The van der Waals surface area contributed by atoms with Crippen molar-refractivity contribution in [2.24, 2.45) is 0 Å². The van der Waals surface area contributed by atoms with Crippen LogP contribution in [0.25, 0.3) is 0 Å². The topological polar surface area (TPSA) is 99.2 Å². The minimum Gasteiger partial charge on any atom is -0.480 e. The van der Waals surface area contributed by atoms with Crippen molar-refractivity contribution in [2.75, 3.05) is 26.7 Å². The van der Waals surface area contributed by atoms with E-state index in [-0.39, 0.29) is 12.1 Å². The van der Waals surface area contributed by atoms with Gasteiger partial charge in [-0.25, -0.2) is 14.4 Å². The second-order valence-electron chi connectivity index (χ2n) is 5.04. The Morgan fingerprint density at radius 2 is 2.00 bits per heavy atom. The molecule has 0 radical (unpaired) electrons. The zero-order chi connectivity index (χ0) is 14.7. The van der Waals surface area contributed by atoms with Gasteiger partial charge in [-0.2, -0.15) is 0 Å². The normalized spacial score (nSPS) is 25.6. The number of nitrogens with one attached hydrogen (secondary N) is 1. The Hall–Kier alpha value is -1.99. The highest BCUT2D eigenvalue weighted by Crippen LogP contribution is 2.21. The van der Waals surface area contributed by atoms with Gasteiger partial charge in [0.15, 0.2) is 0 Å². The molecule has 0 saturated carbocycles. The van der Waals surface area contributed by atoms with Gasteiger partial charge in [0.25, 0.3) is 0 Å². The molecular weight excluding hydrogens is 266 g/mol. The molecule has 112 valence electrons. The van der Waals surface area contributed by atoms with E-state index in [2.05, 4.69) is 10.1 Å². The summed E-state index contributed by atoms with van der Waals surface area (Å²) < 4.78 is 4.51. The molecule has 0 bridgehead atoms. The Morgan fingerprint density at radius 1 is 1.25 bits per heavy atom. The smallest absolute Gasteiger partial charge is 0.407 e. The van der Waals surface area contributed by atoms with E-state index in [0.717, 1.165) is 0 Å². The highest BCUT2D eigenvalue weighted by molar-refractivity contribution is 5.83. The Kier molecular flexibility index (Phi) is 4.31. The van der Waals surface area contributed by atoms with Crippen molar-refractivity contribution in [2.45, 2.75) is 31.3 Å². The fourth-order valence-corrected chi connectivity index (χ4v) is 2.71. The highest BCUT2D eigenvalue weighted by Gasteiger charge is 2.38. The number of methoxy groups -OCH3 is 1. The van der Waals surface area contributed by atoms with Crippen LogP contribution in [0.1, 0.15) is 19.3 Å². The van der Waals surface area contributed by atoms with Crippen LogP contribution in [-0.2, 0) is 9.53 Å². The van der Waals surface area contributed by atoms with E-state index in [4.69, 9.17) is 5.11 Å². The molecule has 1 unspecified atom stereocenters. The predicted molar refractivity (Wildman–Crippen MR) is 68.3 cm³/mol. The summed E-state index contributed by atoms with van der Waals surface area (Å²) in [4.78, 5) is 37.5. The van der Waals surface area contributed by atoms with Crippen LogP contribution in [0.2, 0.25) is 0 Å². The molecule has 3 amide bonds. The van der Waals surface area contributed by atoms with Crippen molar-refractivity contribution in [1.82, 2.24) is 15.1 Å². The lowest BCUT2D eigenvalue weighted by molar-refractivity contribution is -0.141. The minimum atomic E-state index is -0.959.